The molecular formula is C2HF2IZn-. The van der Waals surface area contributed by atoms with Gasteiger partial charge in [-0.15, -0.1) is 0 Å². The monoisotopic (exact) mass is 254 g/mol. The maximum atomic E-state index is 10.1. The zero-order valence-corrected chi connectivity index (χ0v) is 8.04. The molecule has 4 heteroatoms. The van der Waals surface area contributed by atoms with E-state index < -0.39 is 0 Å². The van der Waals surface area contributed by atoms with Crippen LogP contribution < -0.4 is 24.0 Å². The maximum absolute atomic E-state index is 10.1. The Morgan fingerprint density at radius 3 is 1.67 bits per heavy atom. The minimum Gasteiger partial charge on any atom is -1.00 e. The summed E-state index contributed by atoms with van der Waals surface area (Å²) in [4.78, 5) is 0. The Hall–Kier alpha value is 0.953. The molecule has 0 amide bonds. The van der Waals surface area contributed by atoms with E-state index in [9.17, 15) is 8.78 Å². The summed E-state index contributed by atoms with van der Waals surface area (Å²) in [5.74, 6) is 0. The van der Waals surface area contributed by atoms with Gasteiger partial charge in [0.05, 0.1) is 0 Å². The second-order valence-electron chi connectivity index (χ2n) is 0.218. The Bertz CT molecular complexity index is 26.7. The van der Waals surface area contributed by atoms with Gasteiger partial charge in [0.25, 0.3) is 0 Å². The van der Waals surface area contributed by atoms with E-state index in [1.54, 1.807) is 0 Å². The van der Waals surface area contributed by atoms with Gasteiger partial charge in [-0.3, -0.25) is 0 Å². The summed E-state index contributed by atoms with van der Waals surface area (Å²) >= 11 is 0. The van der Waals surface area contributed by atoms with E-state index in [2.05, 4.69) is 0 Å². The molecule has 0 aliphatic rings. The Morgan fingerprint density at radius 1 is 1.50 bits per heavy atom. The Labute approximate surface area is 64.8 Å². The van der Waals surface area contributed by atoms with Crippen molar-refractivity contribution in [2.45, 2.75) is 0 Å². The average Bonchev–Trinajstić information content (AvgIpc) is 1.37. The van der Waals surface area contributed by atoms with Crippen LogP contribution in [0.4, 0.5) is 8.78 Å². The SMILES string of the molecule is F[C]=CF.[I-].[Zn]. The standard InChI is InChI=1S/C2HF2.HI.Zn/c3-1-2-4;;/h1H;1H;/p-1. The fourth-order valence-corrected chi connectivity index (χ4v) is 0. The predicted octanol–water partition coefficient (Wildman–Crippen LogP) is -1.80. The first kappa shape index (κ1) is 15.8. The number of halogens is 3. The van der Waals surface area contributed by atoms with Gasteiger partial charge in [-0.1, -0.05) is 0 Å². The summed E-state index contributed by atoms with van der Waals surface area (Å²) in [6.45, 7) is 0. The van der Waals surface area contributed by atoms with Crippen molar-refractivity contribution >= 4 is 0 Å². The van der Waals surface area contributed by atoms with Crippen molar-refractivity contribution in [2.24, 2.45) is 0 Å². The fraction of sp³-hybridized carbons (Fsp3) is 0. The van der Waals surface area contributed by atoms with Gasteiger partial charge in [0.1, 0.15) is 6.33 Å². The van der Waals surface area contributed by atoms with Crippen molar-refractivity contribution in [1.29, 1.82) is 0 Å². The van der Waals surface area contributed by atoms with Crippen LogP contribution in [0.15, 0.2) is 6.33 Å². The van der Waals surface area contributed by atoms with E-state index in [0.717, 1.165) is 0 Å². The smallest absolute Gasteiger partial charge is 0.189 e. The van der Waals surface area contributed by atoms with Crippen LogP contribution in [-0.2, 0) is 19.5 Å². The second kappa shape index (κ2) is 16.7. The second-order valence-corrected chi connectivity index (χ2v) is 0.218. The quantitative estimate of drug-likeness (QED) is 0.354. The zero-order chi connectivity index (χ0) is 3.41. The van der Waals surface area contributed by atoms with E-state index in [0.29, 0.717) is 6.33 Å². The largest absolute Gasteiger partial charge is 1.00 e. The molecule has 1 radical (unpaired) electrons. The minimum atomic E-state index is -0.292. The van der Waals surface area contributed by atoms with Crippen molar-refractivity contribution < 1.29 is 52.2 Å². The van der Waals surface area contributed by atoms with E-state index in [-0.39, 0.29) is 49.8 Å². The topological polar surface area (TPSA) is 0 Å². The molecule has 0 rings (SSSR count). The molecule has 33 valence electrons. The molecule has 0 fully saturated rings. The van der Waals surface area contributed by atoms with Crippen LogP contribution in [0.5, 0.6) is 0 Å². The molecule has 0 aliphatic heterocycles. The molecule has 0 unspecified atom stereocenters. The summed E-state index contributed by atoms with van der Waals surface area (Å²) in [7, 11) is 0. The third-order valence-corrected chi connectivity index (χ3v) is 0.0412. The first-order valence-corrected chi connectivity index (χ1v) is 0.696. The molecule has 0 aliphatic carbocycles. The van der Waals surface area contributed by atoms with Crippen molar-refractivity contribution in [3.8, 4) is 0 Å². The maximum Gasteiger partial charge on any atom is 0.189 e. The summed E-state index contributed by atoms with van der Waals surface area (Å²) in [6, 6.07) is 0. The first-order chi connectivity index (χ1) is 1.91. The van der Waals surface area contributed by atoms with Gasteiger partial charge in [-0.25, -0.2) is 8.78 Å². The Balaban J connectivity index is -0.0000000450. The van der Waals surface area contributed by atoms with Gasteiger partial charge < -0.3 is 24.0 Å². The van der Waals surface area contributed by atoms with Gasteiger partial charge in [-0.2, -0.15) is 0 Å². The molecule has 0 bridgehead atoms. The molecule has 0 heterocycles. The van der Waals surface area contributed by atoms with Crippen LogP contribution in [0.1, 0.15) is 0 Å². The first-order valence-electron chi connectivity index (χ1n) is 0.696. The van der Waals surface area contributed by atoms with Gasteiger partial charge >= 0.3 is 0 Å². The molecule has 0 aromatic carbocycles. The van der Waals surface area contributed by atoms with Gasteiger partial charge in [-0.05, 0) is 0 Å². The summed E-state index contributed by atoms with van der Waals surface area (Å²) in [5.41, 5.74) is 0. The summed E-state index contributed by atoms with van der Waals surface area (Å²) in [5, 5.41) is 0. The number of rotatable bonds is 0. The number of hydrogen-bond acceptors (Lipinski definition) is 0. The minimum absolute atomic E-state index is 0. The average molecular weight is 255 g/mol. The third kappa shape index (κ3) is 20.3. The van der Waals surface area contributed by atoms with Crippen LogP contribution in [0.25, 0.3) is 0 Å². The molecular weight excluding hydrogens is 254 g/mol. The van der Waals surface area contributed by atoms with Crippen LogP contribution in [0.3, 0.4) is 0 Å². The van der Waals surface area contributed by atoms with Crippen LogP contribution >= 0.6 is 0 Å². The third-order valence-electron chi connectivity index (χ3n) is 0.0412. The number of hydrogen-bond donors (Lipinski definition) is 0. The van der Waals surface area contributed by atoms with Gasteiger partial charge in [0.15, 0.2) is 6.33 Å². The van der Waals surface area contributed by atoms with Crippen molar-refractivity contribution in [1.82, 2.24) is 0 Å². The molecule has 0 aromatic rings. The van der Waals surface area contributed by atoms with E-state index in [1.165, 1.54) is 0 Å². The molecule has 0 atom stereocenters. The normalized spacial score (nSPS) is 6.33. The van der Waals surface area contributed by atoms with Crippen LogP contribution in [0.2, 0.25) is 0 Å². The van der Waals surface area contributed by atoms with Crippen LogP contribution in [0, 0.1) is 6.33 Å². The molecule has 0 saturated carbocycles. The van der Waals surface area contributed by atoms with Crippen LogP contribution in [-0.4, -0.2) is 0 Å². The zero-order valence-electron chi connectivity index (χ0n) is 2.92. The molecule has 0 N–H and O–H groups in total. The summed E-state index contributed by atoms with van der Waals surface area (Å²) < 4.78 is 20.2. The van der Waals surface area contributed by atoms with Crippen molar-refractivity contribution in [3.63, 3.8) is 0 Å². The molecule has 0 nitrogen and oxygen atoms in total. The Morgan fingerprint density at radius 2 is 1.67 bits per heavy atom. The van der Waals surface area contributed by atoms with Gasteiger partial charge in [0, 0.05) is 19.5 Å². The molecule has 0 saturated heterocycles. The summed E-state index contributed by atoms with van der Waals surface area (Å²) in [6.07, 6.45) is 0.347. The van der Waals surface area contributed by atoms with E-state index >= 15 is 0 Å². The molecule has 0 spiro atoms. The Kier molecular flexibility index (Phi) is 44.0. The fourth-order valence-electron chi connectivity index (χ4n) is 0. The van der Waals surface area contributed by atoms with E-state index in [4.69, 9.17) is 0 Å². The molecule has 0 aromatic heterocycles. The van der Waals surface area contributed by atoms with Gasteiger partial charge in [0.2, 0.25) is 0 Å². The van der Waals surface area contributed by atoms with Crippen molar-refractivity contribution in [2.75, 3.05) is 0 Å². The predicted molar refractivity (Wildman–Crippen MR) is 10.0 cm³/mol. The molecule has 6 heavy (non-hydrogen) atoms. The van der Waals surface area contributed by atoms with Crippen molar-refractivity contribution in [3.05, 3.63) is 12.7 Å². The van der Waals surface area contributed by atoms with E-state index in [1.807, 2.05) is 0 Å².